The number of rotatable bonds is 13. The second kappa shape index (κ2) is 13.1. The second-order valence-corrected chi connectivity index (χ2v) is 11.9. The monoisotopic (exact) mass is 565 g/mol. The van der Waals surface area contributed by atoms with E-state index in [0.29, 0.717) is 29.9 Å². The van der Waals surface area contributed by atoms with E-state index in [9.17, 15) is 13.2 Å². The van der Waals surface area contributed by atoms with Crippen molar-refractivity contribution in [3.05, 3.63) is 96.1 Å². The van der Waals surface area contributed by atoms with Crippen LogP contribution in [0.25, 0.3) is 0 Å². The molecule has 0 aliphatic carbocycles. The van der Waals surface area contributed by atoms with Crippen LogP contribution in [0.3, 0.4) is 0 Å². The number of carbonyl (C=O) groups excluding carboxylic acids is 1. The lowest BCUT2D eigenvalue weighted by Gasteiger charge is -2.31. The van der Waals surface area contributed by atoms with E-state index < -0.39 is 27.4 Å². The predicted octanol–water partition coefficient (Wildman–Crippen LogP) is 3.60. The van der Waals surface area contributed by atoms with Crippen LogP contribution in [-0.2, 0) is 19.4 Å². The number of aliphatic hydroxyl groups is 1. The molecular weight excluding hydrogens is 530 g/mol. The third-order valence-corrected chi connectivity index (χ3v) is 8.19. The van der Waals surface area contributed by atoms with Crippen LogP contribution in [0.15, 0.2) is 94.8 Å². The molecule has 3 aromatic rings. The summed E-state index contributed by atoms with van der Waals surface area (Å²) in [6.45, 7) is 4.18. The van der Waals surface area contributed by atoms with Gasteiger partial charge in [0.05, 0.1) is 17.3 Å². The van der Waals surface area contributed by atoms with Crippen molar-refractivity contribution in [3.63, 3.8) is 0 Å². The summed E-state index contributed by atoms with van der Waals surface area (Å²) in [5, 5.41) is 8.98. The molecule has 3 aromatic carbocycles. The number of hydrogen-bond donors (Lipinski definition) is 3. The van der Waals surface area contributed by atoms with Crippen LogP contribution in [0.5, 0.6) is 5.75 Å². The van der Waals surface area contributed by atoms with Crippen LogP contribution in [0.2, 0.25) is 0 Å². The number of ether oxygens (including phenoxy) is 2. The number of nitrogens with zero attached hydrogens (tertiary/aromatic N) is 1. The lowest BCUT2D eigenvalue weighted by molar-refractivity contribution is -0.130. The maximum Gasteiger partial charge on any atom is 0.266 e. The number of sulfone groups is 1. The maximum atomic E-state index is 13.9. The van der Waals surface area contributed by atoms with Gasteiger partial charge in [0, 0.05) is 31.1 Å². The van der Waals surface area contributed by atoms with E-state index >= 15 is 0 Å². The molecule has 1 aliphatic heterocycles. The van der Waals surface area contributed by atoms with Crippen molar-refractivity contribution in [2.75, 3.05) is 19.0 Å². The largest absolute Gasteiger partial charge is 0.494 e. The first-order valence-corrected chi connectivity index (χ1v) is 14.9. The molecule has 4 rings (SSSR count). The zero-order chi connectivity index (χ0) is 28.6. The molecule has 3 N–H and O–H groups in total. The number of carbonyl (C=O) groups is 1. The molecule has 1 aliphatic rings. The van der Waals surface area contributed by atoms with E-state index in [-0.39, 0.29) is 35.6 Å². The van der Waals surface area contributed by atoms with E-state index in [1.807, 2.05) is 44.2 Å². The summed E-state index contributed by atoms with van der Waals surface area (Å²) in [6.07, 6.45) is -0.463. The highest BCUT2D eigenvalue weighted by atomic mass is 32.2. The van der Waals surface area contributed by atoms with E-state index in [1.165, 1.54) is 0 Å². The molecule has 0 unspecified atom stereocenters. The standard InChI is InChI=1S/C30H35N3O6S/c1-22(2)32-33-29(35)30(18-21-40(36,37)26-12-7-4-8-13-26)27(23-10-5-3-6-11-23)39-28(31-30)24-14-16-25(17-15-24)38-20-9-19-34/h3-8,10-17,22,27,32,34H,9,18-21H2,1-2H3,(H,33,35)/t27-,30-/m0/s1. The van der Waals surface area contributed by atoms with Crippen molar-refractivity contribution < 1.29 is 27.8 Å². The minimum atomic E-state index is -3.71. The maximum absolute atomic E-state index is 13.9. The van der Waals surface area contributed by atoms with Crippen molar-refractivity contribution >= 4 is 21.6 Å². The van der Waals surface area contributed by atoms with Gasteiger partial charge in [-0.2, -0.15) is 0 Å². The van der Waals surface area contributed by atoms with E-state index in [4.69, 9.17) is 19.6 Å². The number of nitrogens with one attached hydrogen (secondary N) is 2. The van der Waals surface area contributed by atoms with Gasteiger partial charge in [-0.25, -0.2) is 18.8 Å². The Bertz CT molecular complexity index is 1400. The zero-order valence-corrected chi connectivity index (χ0v) is 23.4. The molecule has 0 aromatic heterocycles. The van der Waals surface area contributed by atoms with E-state index in [2.05, 4.69) is 10.9 Å². The Hall–Kier alpha value is -3.73. The number of amides is 1. The molecule has 0 saturated carbocycles. The summed E-state index contributed by atoms with van der Waals surface area (Å²) in [5.74, 6) is 0.0482. The van der Waals surface area contributed by atoms with Gasteiger partial charge in [-0.1, -0.05) is 48.5 Å². The molecule has 10 heteroatoms. The van der Waals surface area contributed by atoms with Crippen LogP contribution in [0.1, 0.15) is 43.9 Å². The molecular formula is C30H35N3O6S. The van der Waals surface area contributed by atoms with Crippen molar-refractivity contribution in [1.29, 1.82) is 0 Å². The first-order valence-electron chi connectivity index (χ1n) is 13.2. The Balaban J connectivity index is 1.73. The number of benzene rings is 3. The Morgan fingerprint density at radius 1 is 1.02 bits per heavy atom. The van der Waals surface area contributed by atoms with Gasteiger partial charge in [-0.05, 0) is 55.8 Å². The number of hydrazine groups is 1. The number of aliphatic hydroxyl groups excluding tert-OH is 1. The summed E-state index contributed by atoms with van der Waals surface area (Å²) >= 11 is 0. The average molecular weight is 566 g/mol. The first-order chi connectivity index (χ1) is 19.2. The summed E-state index contributed by atoms with van der Waals surface area (Å²) < 4.78 is 38.6. The number of aliphatic imine (C=N–C) groups is 1. The van der Waals surface area contributed by atoms with E-state index in [1.54, 1.807) is 54.6 Å². The van der Waals surface area contributed by atoms with Crippen LogP contribution < -0.4 is 15.6 Å². The number of hydrogen-bond acceptors (Lipinski definition) is 8. The smallest absolute Gasteiger partial charge is 0.266 e. The van der Waals surface area contributed by atoms with Crippen LogP contribution in [-0.4, -0.2) is 55.9 Å². The van der Waals surface area contributed by atoms with Gasteiger partial charge in [0.15, 0.2) is 21.5 Å². The Morgan fingerprint density at radius 3 is 2.30 bits per heavy atom. The van der Waals surface area contributed by atoms with Gasteiger partial charge >= 0.3 is 0 Å². The van der Waals surface area contributed by atoms with Crippen LogP contribution >= 0.6 is 0 Å². The van der Waals surface area contributed by atoms with Gasteiger partial charge < -0.3 is 14.6 Å². The van der Waals surface area contributed by atoms with Crippen molar-refractivity contribution in [1.82, 2.24) is 10.9 Å². The molecule has 0 spiro atoms. The highest BCUT2D eigenvalue weighted by Gasteiger charge is 2.53. The Morgan fingerprint density at radius 2 is 1.68 bits per heavy atom. The molecule has 40 heavy (non-hydrogen) atoms. The molecule has 0 radical (unpaired) electrons. The zero-order valence-electron chi connectivity index (χ0n) is 22.6. The van der Waals surface area contributed by atoms with Gasteiger partial charge in [-0.15, -0.1) is 0 Å². The topological polar surface area (TPSA) is 126 Å². The lowest BCUT2D eigenvalue weighted by atomic mass is 9.85. The lowest BCUT2D eigenvalue weighted by Crippen LogP contribution is -2.54. The van der Waals surface area contributed by atoms with Crippen molar-refractivity contribution in [3.8, 4) is 5.75 Å². The first kappa shape index (κ1) is 29.3. The molecule has 212 valence electrons. The van der Waals surface area contributed by atoms with Crippen molar-refractivity contribution in [2.24, 2.45) is 4.99 Å². The van der Waals surface area contributed by atoms with Crippen LogP contribution in [0, 0.1) is 0 Å². The fraction of sp³-hybridized carbons (Fsp3) is 0.333. The summed E-state index contributed by atoms with van der Waals surface area (Å²) in [5.41, 5.74) is 5.41. The molecule has 9 nitrogen and oxygen atoms in total. The molecule has 0 bridgehead atoms. The van der Waals surface area contributed by atoms with Crippen LogP contribution in [0.4, 0.5) is 0 Å². The molecule has 1 amide bonds. The van der Waals surface area contributed by atoms with Gasteiger partial charge in [0.2, 0.25) is 5.90 Å². The third kappa shape index (κ3) is 6.88. The molecule has 1 heterocycles. The second-order valence-electron chi connectivity index (χ2n) is 9.83. The third-order valence-electron chi connectivity index (χ3n) is 6.46. The van der Waals surface area contributed by atoms with Gasteiger partial charge in [0.25, 0.3) is 5.91 Å². The Kier molecular flexibility index (Phi) is 9.57. The molecule has 0 fully saturated rings. The SMILES string of the molecule is CC(C)NNC(=O)[C@@]1(CCS(=O)(=O)c2ccccc2)N=C(c2ccc(OCCCO)cc2)O[C@H]1c1ccccc1. The molecule has 0 saturated heterocycles. The quantitative estimate of drug-likeness (QED) is 0.214. The predicted molar refractivity (Wildman–Crippen MR) is 153 cm³/mol. The summed E-state index contributed by atoms with van der Waals surface area (Å²) in [7, 11) is -3.71. The highest BCUT2D eigenvalue weighted by molar-refractivity contribution is 7.91. The fourth-order valence-electron chi connectivity index (χ4n) is 4.35. The average Bonchev–Trinajstić information content (AvgIpc) is 3.37. The minimum Gasteiger partial charge on any atom is -0.494 e. The normalized spacial score (nSPS) is 18.7. The summed E-state index contributed by atoms with van der Waals surface area (Å²) in [4.78, 5) is 18.9. The van der Waals surface area contributed by atoms with E-state index in [0.717, 1.165) is 0 Å². The Labute approximate surface area is 235 Å². The minimum absolute atomic E-state index is 0.0411. The highest BCUT2D eigenvalue weighted by Crippen LogP contribution is 2.43. The van der Waals surface area contributed by atoms with Gasteiger partial charge in [0.1, 0.15) is 5.75 Å². The van der Waals surface area contributed by atoms with Crippen molar-refractivity contribution in [2.45, 2.75) is 49.3 Å². The van der Waals surface area contributed by atoms with Gasteiger partial charge in [-0.3, -0.25) is 10.2 Å². The fourth-order valence-corrected chi connectivity index (χ4v) is 5.74. The summed E-state index contributed by atoms with van der Waals surface area (Å²) in [6, 6.07) is 24.4. The molecule has 2 atom stereocenters.